The van der Waals surface area contributed by atoms with Crippen LogP contribution < -0.4 is 10.2 Å². The first-order valence-electron chi connectivity index (χ1n) is 7.22. The Morgan fingerprint density at radius 3 is 2.74 bits per heavy atom. The minimum Gasteiger partial charge on any atom is -0.370 e. The number of nitrogens with one attached hydrogen (secondary N) is 1. The standard InChI is InChI=1S/C16H22N2O/c1-2-6-16(7-3-1)8-4-9-17-10-5-11-18-12-14-19-15-13-18/h1-3,6-7,17H,5,9-15H2/p+2. The van der Waals surface area contributed by atoms with Crippen LogP contribution in [0.15, 0.2) is 30.3 Å². The molecule has 102 valence electrons. The first-order chi connectivity index (χ1) is 9.45. The largest absolute Gasteiger partial charge is 0.370 e. The van der Waals surface area contributed by atoms with Gasteiger partial charge in [-0.3, -0.25) is 0 Å². The molecule has 0 radical (unpaired) electrons. The second-order valence-corrected chi connectivity index (χ2v) is 4.92. The van der Waals surface area contributed by atoms with Gasteiger partial charge in [-0.2, -0.15) is 0 Å². The highest BCUT2D eigenvalue weighted by molar-refractivity contribution is 5.33. The van der Waals surface area contributed by atoms with E-state index in [0.29, 0.717) is 0 Å². The molecule has 0 bridgehead atoms. The Balaban J connectivity index is 1.51. The molecule has 1 fully saturated rings. The zero-order valence-corrected chi connectivity index (χ0v) is 11.5. The first kappa shape index (κ1) is 14.1. The average molecular weight is 260 g/mol. The fraction of sp³-hybridized carbons (Fsp3) is 0.500. The molecule has 3 nitrogen and oxygen atoms in total. The Labute approximate surface area is 115 Å². The molecule has 2 rings (SSSR count). The van der Waals surface area contributed by atoms with Gasteiger partial charge in [-0.05, 0) is 18.1 Å². The van der Waals surface area contributed by atoms with E-state index in [1.807, 2.05) is 18.2 Å². The highest BCUT2D eigenvalue weighted by Gasteiger charge is 2.12. The lowest BCUT2D eigenvalue weighted by atomic mass is 10.2. The number of benzene rings is 1. The number of ether oxygens (including phenoxy) is 1. The summed E-state index contributed by atoms with van der Waals surface area (Å²) in [6, 6.07) is 10.2. The number of hydrogen-bond acceptors (Lipinski definition) is 1. The number of quaternary nitrogens is 2. The van der Waals surface area contributed by atoms with E-state index in [4.69, 9.17) is 4.74 Å². The van der Waals surface area contributed by atoms with Crippen molar-refractivity contribution in [1.29, 1.82) is 0 Å². The van der Waals surface area contributed by atoms with Gasteiger partial charge in [-0.1, -0.05) is 24.1 Å². The Bertz CT molecular complexity index is 402. The van der Waals surface area contributed by atoms with Crippen LogP contribution in [0.2, 0.25) is 0 Å². The molecule has 0 unspecified atom stereocenters. The van der Waals surface area contributed by atoms with E-state index in [1.54, 1.807) is 4.90 Å². The van der Waals surface area contributed by atoms with Crippen molar-refractivity contribution in [3.05, 3.63) is 35.9 Å². The summed E-state index contributed by atoms with van der Waals surface area (Å²) < 4.78 is 5.35. The number of morpholine rings is 1. The maximum absolute atomic E-state index is 5.35. The van der Waals surface area contributed by atoms with Gasteiger partial charge in [0.2, 0.25) is 0 Å². The molecule has 1 aliphatic rings. The van der Waals surface area contributed by atoms with Gasteiger partial charge < -0.3 is 15.0 Å². The number of nitrogens with two attached hydrogens (primary N) is 1. The first-order valence-corrected chi connectivity index (χ1v) is 7.22. The van der Waals surface area contributed by atoms with Gasteiger partial charge in [0, 0.05) is 12.0 Å². The maximum atomic E-state index is 5.35. The lowest BCUT2D eigenvalue weighted by Gasteiger charge is -2.23. The van der Waals surface area contributed by atoms with Crippen LogP contribution in [0, 0.1) is 11.8 Å². The lowest BCUT2D eigenvalue weighted by molar-refractivity contribution is -0.909. The second-order valence-electron chi connectivity index (χ2n) is 4.92. The molecule has 1 heterocycles. The fourth-order valence-corrected chi connectivity index (χ4v) is 2.26. The molecule has 3 heteroatoms. The van der Waals surface area contributed by atoms with Crippen LogP contribution in [-0.2, 0) is 4.74 Å². The van der Waals surface area contributed by atoms with Crippen LogP contribution in [0.5, 0.6) is 0 Å². The van der Waals surface area contributed by atoms with Gasteiger partial charge in [0.1, 0.15) is 19.6 Å². The number of hydrogen-bond donors (Lipinski definition) is 2. The summed E-state index contributed by atoms with van der Waals surface area (Å²) in [5, 5.41) is 2.30. The second kappa shape index (κ2) is 8.71. The van der Waals surface area contributed by atoms with E-state index in [0.717, 1.165) is 25.3 Å². The van der Waals surface area contributed by atoms with Crippen molar-refractivity contribution in [1.82, 2.24) is 0 Å². The predicted molar refractivity (Wildman–Crippen MR) is 76.0 cm³/mol. The molecule has 0 amide bonds. The average Bonchev–Trinajstić information content (AvgIpc) is 2.48. The fourth-order valence-electron chi connectivity index (χ4n) is 2.26. The van der Waals surface area contributed by atoms with E-state index in [1.165, 1.54) is 32.6 Å². The molecule has 1 saturated heterocycles. The molecule has 0 aromatic heterocycles. The molecule has 0 aliphatic carbocycles. The Morgan fingerprint density at radius 2 is 1.95 bits per heavy atom. The minimum atomic E-state index is 0.896. The van der Waals surface area contributed by atoms with Gasteiger partial charge in [0.05, 0.1) is 26.3 Å². The topological polar surface area (TPSA) is 30.3 Å². The van der Waals surface area contributed by atoms with Crippen LogP contribution >= 0.6 is 0 Å². The summed E-state index contributed by atoms with van der Waals surface area (Å²) in [7, 11) is 0. The van der Waals surface area contributed by atoms with Gasteiger partial charge in [-0.15, -0.1) is 0 Å². The van der Waals surface area contributed by atoms with Crippen molar-refractivity contribution < 1.29 is 15.0 Å². The summed E-state index contributed by atoms with van der Waals surface area (Å²) >= 11 is 0. The van der Waals surface area contributed by atoms with Gasteiger partial charge in [0.15, 0.2) is 0 Å². The van der Waals surface area contributed by atoms with Crippen molar-refractivity contribution in [2.24, 2.45) is 0 Å². The zero-order chi connectivity index (χ0) is 13.2. The van der Waals surface area contributed by atoms with Crippen LogP contribution in [0.25, 0.3) is 0 Å². The van der Waals surface area contributed by atoms with E-state index >= 15 is 0 Å². The summed E-state index contributed by atoms with van der Waals surface area (Å²) in [5.74, 6) is 6.39. The predicted octanol–water partition coefficient (Wildman–Crippen LogP) is -1.09. The molecular weight excluding hydrogens is 236 g/mol. The van der Waals surface area contributed by atoms with E-state index in [2.05, 4.69) is 29.3 Å². The van der Waals surface area contributed by atoms with Gasteiger partial charge >= 0.3 is 0 Å². The summed E-state index contributed by atoms with van der Waals surface area (Å²) in [4.78, 5) is 1.69. The van der Waals surface area contributed by atoms with Gasteiger partial charge in [0.25, 0.3) is 0 Å². The van der Waals surface area contributed by atoms with Crippen LogP contribution in [0.3, 0.4) is 0 Å². The van der Waals surface area contributed by atoms with Crippen molar-refractivity contribution in [2.45, 2.75) is 6.42 Å². The molecule has 19 heavy (non-hydrogen) atoms. The third kappa shape index (κ3) is 5.89. The Morgan fingerprint density at radius 1 is 1.16 bits per heavy atom. The van der Waals surface area contributed by atoms with E-state index < -0.39 is 0 Å². The highest BCUT2D eigenvalue weighted by atomic mass is 16.5. The number of rotatable bonds is 5. The maximum Gasteiger partial charge on any atom is 0.138 e. The van der Waals surface area contributed by atoms with Crippen molar-refractivity contribution in [3.63, 3.8) is 0 Å². The zero-order valence-electron chi connectivity index (χ0n) is 11.5. The van der Waals surface area contributed by atoms with E-state index in [9.17, 15) is 0 Å². The minimum absolute atomic E-state index is 0.896. The molecule has 0 atom stereocenters. The van der Waals surface area contributed by atoms with Crippen molar-refractivity contribution in [2.75, 3.05) is 45.9 Å². The molecule has 1 aromatic carbocycles. The lowest BCUT2D eigenvalue weighted by Crippen LogP contribution is -3.14. The van der Waals surface area contributed by atoms with Crippen molar-refractivity contribution >= 4 is 0 Å². The monoisotopic (exact) mass is 260 g/mol. The van der Waals surface area contributed by atoms with Crippen LogP contribution in [0.4, 0.5) is 0 Å². The molecule has 1 aromatic rings. The van der Waals surface area contributed by atoms with Gasteiger partial charge in [-0.25, -0.2) is 0 Å². The Hall–Kier alpha value is -1.34. The SMILES string of the molecule is C(#Cc1ccccc1)C[NH2+]CCC[NH+]1CCOCC1. The van der Waals surface area contributed by atoms with E-state index in [-0.39, 0.29) is 0 Å². The quantitative estimate of drug-likeness (QED) is 0.511. The third-order valence-corrected chi connectivity index (χ3v) is 3.39. The smallest absolute Gasteiger partial charge is 0.138 e. The molecular formula is C16H24N2O+2. The summed E-state index contributed by atoms with van der Waals surface area (Å²) in [5.41, 5.74) is 1.11. The van der Waals surface area contributed by atoms with Crippen LogP contribution in [0.1, 0.15) is 12.0 Å². The van der Waals surface area contributed by atoms with Crippen molar-refractivity contribution in [3.8, 4) is 11.8 Å². The van der Waals surface area contributed by atoms with Crippen LogP contribution in [-0.4, -0.2) is 45.9 Å². The Kier molecular flexibility index (Phi) is 6.45. The normalized spacial score (nSPS) is 15.8. The molecule has 0 spiro atoms. The molecule has 0 saturated carbocycles. The molecule has 1 aliphatic heterocycles. The summed E-state index contributed by atoms with van der Waals surface area (Å²) in [6.07, 6.45) is 1.27. The highest BCUT2D eigenvalue weighted by Crippen LogP contribution is 1.93. The summed E-state index contributed by atoms with van der Waals surface area (Å²) in [6.45, 7) is 7.55. The molecule has 3 N–H and O–H groups in total. The third-order valence-electron chi connectivity index (χ3n) is 3.39.